The number of carbonyl (C=O) groups is 1. The number of hydrogen-bond acceptors (Lipinski definition) is 2. The lowest BCUT2D eigenvalue weighted by atomic mass is 10.2. The van der Waals surface area contributed by atoms with Crippen molar-refractivity contribution in [2.24, 2.45) is 0 Å². The van der Waals surface area contributed by atoms with E-state index in [4.69, 9.17) is 0 Å². The molecule has 1 aromatic carbocycles. The van der Waals surface area contributed by atoms with Crippen molar-refractivity contribution >= 4 is 5.91 Å². The van der Waals surface area contributed by atoms with Crippen molar-refractivity contribution in [3.8, 4) is 0 Å². The predicted octanol–water partition coefficient (Wildman–Crippen LogP) is 2.75. The zero-order valence-corrected chi connectivity index (χ0v) is 12.0. The van der Waals surface area contributed by atoms with Gasteiger partial charge in [-0.3, -0.25) is 4.79 Å². The quantitative estimate of drug-likeness (QED) is 0.721. The van der Waals surface area contributed by atoms with Crippen LogP contribution in [0, 0.1) is 11.6 Å². The zero-order valence-electron chi connectivity index (χ0n) is 12.0. The fourth-order valence-electron chi connectivity index (χ4n) is 1.77. The Kier molecular flexibility index (Phi) is 7.15. The minimum Gasteiger partial charge on any atom is -0.355 e. The highest BCUT2D eigenvalue weighted by Gasteiger charge is 2.12. The molecule has 0 saturated carbocycles. The summed E-state index contributed by atoms with van der Waals surface area (Å²) in [5.41, 5.74) is 0.218. The van der Waals surface area contributed by atoms with Crippen LogP contribution in [0.2, 0.25) is 0 Å². The van der Waals surface area contributed by atoms with Gasteiger partial charge in [0.1, 0.15) is 11.6 Å². The molecule has 3 nitrogen and oxygen atoms in total. The van der Waals surface area contributed by atoms with Crippen molar-refractivity contribution in [1.82, 2.24) is 10.6 Å². The highest BCUT2D eigenvalue weighted by atomic mass is 19.1. The molecular formula is C15H22F2N2O. The second kappa shape index (κ2) is 8.64. The average molecular weight is 284 g/mol. The van der Waals surface area contributed by atoms with E-state index in [1.807, 2.05) is 0 Å². The van der Waals surface area contributed by atoms with Crippen molar-refractivity contribution in [1.29, 1.82) is 0 Å². The van der Waals surface area contributed by atoms with E-state index in [1.54, 1.807) is 6.92 Å². The van der Waals surface area contributed by atoms with E-state index in [9.17, 15) is 13.6 Å². The number of halogens is 2. The molecule has 0 spiro atoms. The summed E-state index contributed by atoms with van der Waals surface area (Å²) in [6.45, 7) is 4.56. The van der Waals surface area contributed by atoms with Gasteiger partial charge in [0, 0.05) is 18.7 Å². The lowest BCUT2D eigenvalue weighted by Gasteiger charge is -2.14. The number of rotatable bonds is 8. The van der Waals surface area contributed by atoms with Gasteiger partial charge in [0.25, 0.3) is 0 Å². The minimum absolute atomic E-state index is 0.118. The van der Waals surface area contributed by atoms with E-state index in [1.165, 1.54) is 0 Å². The first-order valence-corrected chi connectivity index (χ1v) is 6.99. The lowest BCUT2D eigenvalue weighted by molar-refractivity contribution is -0.122. The molecule has 0 aliphatic carbocycles. The van der Waals surface area contributed by atoms with Crippen LogP contribution in [0.25, 0.3) is 0 Å². The summed E-state index contributed by atoms with van der Waals surface area (Å²) < 4.78 is 26.4. The number of carbonyl (C=O) groups excluding carboxylic acids is 1. The fourth-order valence-corrected chi connectivity index (χ4v) is 1.77. The monoisotopic (exact) mass is 284 g/mol. The third kappa shape index (κ3) is 5.65. The maximum Gasteiger partial charge on any atom is 0.236 e. The number of hydrogen-bond donors (Lipinski definition) is 2. The van der Waals surface area contributed by atoms with Crippen LogP contribution in [-0.2, 0) is 11.3 Å². The summed E-state index contributed by atoms with van der Waals surface area (Å²) in [6, 6.07) is 2.85. The smallest absolute Gasteiger partial charge is 0.236 e. The van der Waals surface area contributed by atoms with Crippen molar-refractivity contribution < 1.29 is 13.6 Å². The Balaban J connectivity index is 2.36. The molecule has 1 amide bonds. The normalized spacial score (nSPS) is 12.2. The van der Waals surface area contributed by atoms with E-state index in [2.05, 4.69) is 17.6 Å². The molecule has 1 aromatic rings. The summed E-state index contributed by atoms with van der Waals surface area (Å²) >= 11 is 0. The van der Waals surface area contributed by atoms with Crippen molar-refractivity contribution in [3.63, 3.8) is 0 Å². The Morgan fingerprint density at radius 1 is 1.30 bits per heavy atom. The van der Waals surface area contributed by atoms with Gasteiger partial charge < -0.3 is 10.6 Å². The number of benzene rings is 1. The molecule has 1 atom stereocenters. The third-order valence-corrected chi connectivity index (χ3v) is 3.08. The van der Waals surface area contributed by atoms with E-state index in [0.717, 1.165) is 37.5 Å². The molecular weight excluding hydrogens is 262 g/mol. The van der Waals surface area contributed by atoms with Gasteiger partial charge >= 0.3 is 0 Å². The van der Waals surface area contributed by atoms with Gasteiger partial charge in [-0.2, -0.15) is 0 Å². The second-order valence-corrected chi connectivity index (χ2v) is 4.84. The molecule has 0 radical (unpaired) electrons. The van der Waals surface area contributed by atoms with Gasteiger partial charge in [-0.1, -0.05) is 19.8 Å². The minimum atomic E-state index is -0.486. The van der Waals surface area contributed by atoms with Gasteiger partial charge in [0.2, 0.25) is 5.91 Å². The molecule has 0 bridgehead atoms. The van der Waals surface area contributed by atoms with Crippen LogP contribution in [0.15, 0.2) is 18.2 Å². The first kappa shape index (κ1) is 16.6. The molecule has 0 aliphatic rings. The van der Waals surface area contributed by atoms with E-state index < -0.39 is 17.7 Å². The van der Waals surface area contributed by atoms with Crippen LogP contribution in [0.1, 0.15) is 38.7 Å². The largest absolute Gasteiger partial charge is 0.355 e. The third-order valence-electron chi connectivity index (χ3n) is 3.08. The first-order chi connectivity index (χ1) is 9.54. The topological polar surface area (TPSA) is 41.1 Å². The van der Waals surface area contributed by atoms with Crippen LogP contribution < -0.4 is 10.6 Å². The van der Waals surface area contributed by atoms with Crippen LogP contribution in [0.5, 0.6) is 0 Å². The molecule has 0 aromatic heterocycles. The number of nitrogens with one attached hydrogen (secondary N) is 2. The Morgan fingerprint density at radius 3 is 2.75 bits per heavy atom. The summed E-state index contributed by atoms with van der Waals surface area (Å²) in [6.07, 6.45) is 3.13. The van der Waals surface area contributed by atoms with Crippen LogP contribution in [0.3, 0.4) is 0 Å². The molecule has 0 heterocycles. The standard InChI is InChI=1S/C15H22F2N2O/c1-3-4-5-8-18-15(20)11(2)19-10-12-9-13(16)6-7-14(12)17/h6-7,9,11,19H,3-5,8,10H2,1-2H3,(H,18,20). The maximum absolute atomic E-state index is 13.4. The van der Waals surface area contributed by atoms with Crippen LogP contribution in [0.4, 0.5) is 8.78 Å². The van der Waals surface area contributed by atoms with Crippen LogP contribution >= 0.6 is 0 Å². The van der Waals surface area contributed by atoms with Crippen molar-refractivity contribution in [2.75, 3.05) is 6.54 Å². The average Bonchev–Trinajstić information content (AvgIpc) is 2.44. The zero-order chi connectivity index (χ0) is 15.0. The van der Waals surface area contributed by atoms with Gasteiger partial charge in [0.15, 0.2) is 0 Å². The first-order valence-electron chi connectivity index (χ1n) is 6.99. The maximum atomic E-state index is 13.4. The molecule has 1 rings (SSSR count). The highest BCUT2D eigenvalue weighted by Crippen LogP contribution is 2.09. The van der Waals surface area contributed by atoms with Crippen LogP contribution in [-0.4, -0.2) is 18.5 Å². The summed E-state index contributed by atoms with van der Waals surface area (Å²) in [5, 5.41) is 5.70. The summed E-state index contributed by atoms with van der Waals surface area (Å²) in [7, 11) is 0. The Bertz CT molecular complexity index is 438. The summed E-state index contributed by atoms with van der Waals surface area (Å²) in [5.74, 6) is -1.09. The Hall–Kier alpha value is -1.49. The van der Waals surface area contributed by atoms with E-state index in [0.29, 0.717) is 6.54 Å². The molecule has 2 N–H and O–H groups in total. The van der Waals surface area contributed by atoms with Gasteiger partial charge in [-0.25, -0.2) is 8.78 Å². The molecule has 20 heavy (non-hydrogen) atoms. The van der Waals surface area contributed by atoms with E-state index in [-0.39, 0.29) is 18.0 Å². The Labute approximate surface area is 118 Å². The SMILES string of the molecule is CCCCCNC(=O)C(C)NCc1cc(F)ccc1F. The predicted molar refractivity (Wildman–Crippen MR) is 75.2 cm³/mol. The van der Waals surface area contributed by atoms with Crippen molar-refractivity contribution in [3.05, 3.63) is 35.4 Å². The van der Waals surface area contributed by atoms with E-state index >= 15 is 0 Å². The molecule has 112 valence electrons. The summed E-state index contributed by atoms with van der Waals surface area (Å²) in [4.78, 5) is 11.7. The fraction of sp³-hybridized carbons (Fsp3) is 0.533. The Morgan fingerprint density at radius 2 is 2.05 bits per heavy atom. The van der Waals surface area contributed by atoms with Gasteiger partial charge in [-0.05, 0) is 31.5 Å². The molecule has 1 unspecified atom stereocenters. The second-order valence-electron chi connectivity index (χ2n) is 4.84. The number of unbranched alkanes of at least 4 members (excludes halogenated alkanes) is 2. The highest BCUT2D eigenvalue weighted by molar-refractivity contribution is 5.81. The van der Waals surface area contributed by atoms with Crippen molar-refractivity contribution in [2.45, 2.75) is 45.7 Å². The molecule has 0 fully saturated rings. The van der Waals surface area contributed by atoms with Gasteiger partial charge in [0.05, 0.1) is 6.04 Å². The molecule has 5 heteroatoms. The number of amides is 1. The van der Waals surface area contributed by atoms with Gasteiger partial charge in [-0.15, -0.1) is 0 Å². The molecule has 0 saturated heterocycles. The lowest BCUT2D eigenvalue weighted by Crippen LogP contribution is -2.42. The molecule has 0 aliphatic heterocycles.